The molecular weight excluding hydrogens is 461 g/mol. The zero-order chi connectivity index (χ0) is 23.4. The van der Waals surface area contributed by atoms with E-state index >= 15 is 0 Å². The standard InChI is InChI=1S/C25H23Cl2N3O3/c1-3-33-23(32)21-22(31)24(16-5-9-18(26)10-6-16)25(29-21,17-7-11-19(27)12-8-17)30-14-15(2)4-13-20(30)28-24/h4-14,21-22,29,31H,3H2,1-2H3/t21-,22+,24+,25-/m1/s1. The minimum Gasteiger partial charge on any atom is -0.465 e. The predicted octanol–water partition coefficient (Wildman–Crippen LogP) is 4.13. The molecule has 2 N–H and O–H groups in total. The number of fused-ring (bicyclic) bond motifs is 3. The van der Waals surface area contributed by atoms with Gasteiger partial charge in [-0.05, 0) is 60.9 Å². The van der Waals surface area contributed by atoms with Crippen LogP contribution in [0.4, 0.5) is 0 Å². The number of hydrogen-bond acceptors (Lipinski definition) is 6. The summed E-state index contributed by atoms with van der Waals surface area (Å²) in [6.07, 6.45) is 4.62. The van der Waals surface area contributed by atoms with E-state index in [9.17, 15) is 9.90 Å². The average Bonchev–Trinajstić information content (AvgIpc) is 3.23. The normalized spacial score (nSPS) is 29.9. The molecular formula is C25H23Cl2N3O3. The molecule has 6 nitrogen and oxygen atoms in total. The molecule has 5 rings (SSSR count). The summed E-state index contributed by atoms with van der Waals surface area (Å²) in [5, 5.41) is 16.4. The maximum Gasteiger partial charge on any atom is 0.326 e. The highest BCUT2D eigenvalue weighted by Crippen LogP contribution is 2.58. The number of ether oxygens (including phenoxy) is 1. The van der Waals surface area contributed by atoms with Crippen molar-refractivity contribution in [3.05, 3.63) is 93.6 Å². The van der Waals surface area contributed by atoms with Gasteiger partial charge in [0.05, 0.1) is 6.61 Å². The fraction of sp³-hybridized carbons (Fsp3) is 0.280. The lowest BCUT2D eigenvalue weighted by Crippen LogP contribution is -2.59. The van der Waals surface area contributed by atoms with E-state index in [1.54, 1.807) is 31.2 Å². The first-order valence-corrected chi connectivity index (χ1v) is 11.5. The first-order chi connectivity index (χ1) is 15.8. The van der Waals surface area contributed by atoms with Gasteiger partial charge in [-0.3, -0.25) is 10.1 Å². The fourth-order valence-electron chi connectivity index (χ4n) is 5.11. The lowest BCUT2D eigenvalue weighted by atomic mass is 9.73. The number of hydrogen-bond donors (Lipinski definition) is 2. The minimum atomic E-state index is -1.27. The van der Waals surface area contributed by atoms with Gasteiger partial charge in [-0.1, -0.05) is 53.5 Å². The number of nitrogens with zero attached hydrogens (tertiary/aromatic N) is 2. The molecule has 0 spiro atoms. The number of carbonyl (C=O) groups excluding carboxylic acids is 1. The van der Waals surface area contributed by atoms with Crippen molar-refractivity contribution in [2.24, 2.45) is 4.99 Å². The third-order valence-corrected chi connectivity index (χ3v) is 6.98. The summed E-state index contributed by atoms with van der Waals surface area (Å²) in [5.74, 6) is 0.130. The number of halogens is 2. The number of amidine groups is 1. The van der Waals surface area contributed by atoms with Gasteiger partial charge in [0.1, 0.15) is 18.0 Å². The van der Waals surface area contributed by atoms with Crippen LogP contribution in [0.1, 0.15) is 25.0 Å². The Morgan fingerprint density at radius 2 is 1.70 bits per heavy atom. The second kappa shape index (κ2) is 7.99. The smallest absolute Gasteiger partial charge is 0.326 e. The number of aliphatic imine (C=N–C) groups is 1. The monoisotopic (exact) mass is 483 g/mol. The van der Waals surface area contributed by atoms with E-state index in [4.69, 9.17) is 32.9 Å². The van der Waals surface area contributed by atoms with E-state index in [-0.39, 0.29) is 6.61 Å². The van der Waals surface area contributed by atoms with Crippen LogP contribution in [0.5, 0.6) is 0 Å². The maximum absolute atomic E-state index is 13.0. The molecule has 2 aromatic carbocycles. The van der Waals surface area contributed by atoms with Crippen LogP contribution in [0.2, 0.25) is 10.0 Å². The molecule has 0 bridgehead atoms. The van der Waals surface area contributed by atoms with Crippen molar-refractivity contribution in [2.75, 3.05) is 6.61 Å². The van der Waals surface area contributed by atoms with Gasteiger partial charge in [0, 0.05) is 16.2 Å². The van der Waals surface area contributed by atoms with Gasteiger partial charge >= 0.3 is 5.97 Å². The van der Waals surface area contributed by atoms with E-state index in [0.29, 0.717) is 15.9 Å². The Balaban J connectivity index is 1.83. The molecule has 0 aliphatic carbocycles. The fourth-order valence-corrected chi connectivity index (χ4v) is 5.36. The van der Waals surface area contributed by atoms with E-state index in [1.807, 2.05) is 54.4 Å². The molecule has 8 heteroatoms. The lowest BCUT2D eigenvalue weighted by Gasteiger charge is -2.45. The number of nitrogens with one attached hydrogen (secondary N) is 1. The molecule has 0 radical (unpaired) electrons. The van der Waals surface area contributed by atoms with E-state index in [1.165, 1.54) is 0 Å². The second-order valence-electron chi connectivity index (χ2n) is 8.36. The number of rotatable bonds is 4. The highest BCUT2D eigenvalue weighted by atomic mass is 35.5. The molecule has 3 aliphatic heterocycles. The third-order valence-electron chi connectivity index (χ3n) is 6.47. The molecule has 0 unspecified atom stereocenters. The average molecular weight is 484 g/mol. The van der Waals surface area contributed by atoms with E-state index in [0.717, 1.165) is 16.7 Å². The summed E-state index contributed by atoms with van der Waals surface area (Å²) in [6.45, 7) is 3.92. The Labute approximate surface area is 202 Å². The van der Waals surface area contributed by atoms with Gasteiger partial charge < -0.3 is 14.7 Å². The van der Waals surface area contributed by atoms with Crippen molar-refractivity contribution >= 4 is 35.0 Å². The minimum absolute atomic E-state index is 0.200. The SMILES string of the molecule is CCOC(=O)[C@@H]1N[C@]2(c3ccc(Cl)cc3)N3C=C(C)C=CC3=N[C@@]2(c2ccc(Cl)cc2)[C@H]1O. The van der Waals surface area contributed by atoms with Crippen LogP contribution in [0.25, 0.3) is 0 Å². The number of carbonyl (C=O) groups is 1. The molecule has 0 aromatic heterocycles. The van der Waals surface area contributed by atoms with E-state index < -0.39 is 29.3 Å². The number of aliphatic hydroxyl groups is 1. The molecule has 2 aromatic rings. The highest BCUT2D eigenvalue weighted by molar-refractivity contribution is 6.30. The van der Waals surface area contributed by atoms with Crippen molar-refractivity contribution in [1.82, 2.24) is 10.2 Å². The quantitative estimate of drug-likeness (QED) is 0.639. The van der Waals surface area contributed by atoms with Gasteiger partial charge in [0.25, 0.3) is 0 Å². The van der Waals surface area contributed by atoms with Crippen molar-refractivity contribution in [3.8, 4) is 0 Å². The summed E-state index contributed by atoms with van der Waals surface area (Å²) in [5.41, 5.74) is 0.124. The van der Waals surface area contributed by atoms with Crippen molar-refractivity contribution in [2.45, 2.75) is 37.2 Å². The number of allylic oxidation sites excluding steroid dienone is 2. The van der Waals surface area contributed by atoms with Crippen LogP contribution in [0, 0.1) is 0 Å². The molecule has 1 saturated heterocycles. The molecule has 33 heavy (non-hydrogen) atoms. The van der Waals surface area contributed by atoms with Crippen LogP contribution >= 0.6 is 23.2 Å². The largest absolute Gasteiger partial charge is 0.465 e. The van der Waals surface area contributed by atoms with Crippen molar-refractivity contribution < 1.29 is 14.6 Å². The zero-order valence-corrected chi connectivity index (χ0v) is 19.6. The topological polar surface area (TPSA) is 74.2 Å². The molecule has 3 heterocycles. The lowest BCUT2D eigenvalue weighted by molar-refractivity contribution is -0.148. The van der Waals surface area contributed by atoms with Gasteiger partial charge in [0.2, 0.25) is 0 Å². The Morgan fingerprint density at radius 3 is 2.30 bits per heavy atom. The number of esters is 1. The molecule has 170 valence electrons. The molecule has 3 aliphatic rings. The Morgan fingerprint density at radius 1 is 1.09 bits per heavy atom. The summed E-state index contributed by atoms with van der Waals surface area (Å²) >= 11 is 12.4. The van der Waals surface area contributed by atoms with Crippen molar-refractivity contribution in [3.63, 3.8) is 0 Å². The van der Waals surface area contributed by atoms with Crippen molar-refractivity contribution in [1.29, 1.82) is 0 Å². The maximum atomic E-state index is 13.0. The molecule has 1 fully saturated rings. The van der Waals surface area contributed by atoms with Crippen LogP contribution in [-0.4, -0.2) is 40.6 Å². The highest BCUT2D eigenvalue weighted by Gasteiger charge is 2.73. The van der Waals surface area contributed by atoms with Crippen LogP contribution < -0.4 is 5.32 Å². The molecule has 4 atom stereocenters. The van der Waals surface area contributed by atoms with Gasteiger partial charge in [-0.2, -0.15) is 0 Å². The van der Waals surface area contributed by atoms with Gasteiger partial charge in [-0.25, -0.2) is 4.99 Å². The summed E-state index contributed by atoms with van der Waals surface area (Å²) < 4.78 is 5.32. The van der Waals surface area contributed by atoms with Crippen LogP contribution in [0.15, 0.2) is 77.4 Å². The first-order valence-electron chi connectivity index (χ1n) is 10.7. The van der Waals surface area contributed by atoms with Crippen LogP contribution in [-0.2, 0) is 20.7 Å². The second-order valence-corrected chi connectivity index (χ2v) is 9.23. The van der Waals surface area contributed by atoms with E-state index in [2.05, 4.69) is 5.32 Å². The Bertz CT molecular complexity index is 1190. The predicted molar refractivity (Wildman–Crippen MR) is 128 cm³/mol. The van der Waals surface area contributed by atoms with Gasteiger partial charge in [0.15, 0.2) is 11.2 Å². The summed E-state index contributed by atoms with van der Waals surface area (Å²) in [6, 6.07) is 13.6. The summed E-state index contributed by atoms with van der Waals surface area (Å²) in [4.78, 5) is 20.1. The van der Waals surface area contributed by atoms with Crippen LogP contribution in [0.3, 0.4) is 0 Å². The number of benzene rings is 2. The Kier molecular flexibility index (Phi) is 5.37. The first kappa shape index (κ1) is 22.2. The molecule has 0 amide bonds. The summed E-state index contributed by atoms with van der Waals surface area (Å²) in [7, 11) is 0. The molecule has 0 saturated carbocycles. The van der Waals surface area contributed by atoms with Gasteiger partial charge in [-0.15, -0.1) is 0 Å². The number of aliphatic hydroxyl groups excluding tert-OH is 1. The third kappa shape index (κ3) is 3.09. The zero-order valence-electron chi connectivity index (χ0n) is 18.1. The Hall–Kier alpha value is -2.64.